The first kappa shape index (κ1) is 10.2. The quantitative estimate of drug-likeness (QED) is 0.717. The van der Waals surface area contributed by atoms with Crippen molar-refractivity contribution in [2.75, 3.05) is 6.54 Å². The summed E-state index contributed by atoms with van der Waals surface area (Å²) in [5.74, 6) is 1.08. The summed E-state index contributed by atoms with van der Waals surface area (Å²) in [7, 11) is 0. The number of benzene rings is 1. The molecule has 0 N–H and O–H groups in total. The van der Waals surface area contributed by atoms with Crippen LogP contribution in [0.2, 0.25) is 0 Å². The molecule has 1 aromatic rings. The van der Waals surface area contributed by atoms with E-state index < -0.39 is 0 Å². The average Bonchev–Trinajstić information content (AvgIpc) is 2.32. The van der Waals surface area contributed by atoms with E-state index in [0.29, 0.717) is 6.10 Å². The molecule has 1 saturated carbocycles. The lowest BCUT2D eigenvalue weighted by Gasteiger charge is -2.37. The maximum atomic E-state index is 5.96. The molecule has 1 atom stereocenters. The summed E-state index contributed by atoms with van der Waals surface area (Å²) in [5, 5.41) is 0. The predicted molar refractivity (Wildman–Crippen MR) is 64.6 cm³/mol. The van der Waals surface area contributed by atoms with Gasteiger partial charge in [0.2, 0.25) is 0 Å². The van der Waals surface area contributed by atoms with E-state index in [1.54, 1.807) is 0 Å². The Morgan fingerprint density at radius 3 is 2.81 bits per heavy atom. The Morgan fingerprint density at radius 2 is 2.06 bits per heavy atom. The van der Waals surface area contributed by atoms with Crippen LogP contribution in [-0.4, -0.2) is 23.6 Å². The molecular weight excluding hydrogens is 198 g/mol. The Morgan fingerprint density at radius 1 is 1.25 bits per heavy atom. The van der Waals surface area contributed by atoms with Crippen LogP contribution in [0.4, 0.5) is 0 Å². The third-order valence-electron chi connectivity index (χ3n) is 3.76. The molecule has 1 aliphatic carbocycles. The molecule has 2 aliphatic rings. The lowest BCUT2D eigenvalue weighted by atomic mass is 9.91. The molecule has 1 unspecified atom stereocenters. The Hall–Kier alpha value is -1.02. The van der Waals surface area contributed by atoms with Crippen molar-refractivity contribution in [2.45, 2.75) is 44.9 Å². The second-order valence-electron chi connectivity index (χ2n) is 5.05. The van der Waals surface area contributed by atoms with E-state index in [9.17, 15) is 0 Å². The van der Waals surface area contributed by atoms with Crippen LogP contribution >= 0.6 is 0 Å². The molecule has 2 heteroatoms. The maximum absolute atomic E-state index is 5.96. The van der Waals surface area contributed by atoms with Gasteiger partial charge in [-0.1, -0.05) is 24.6 Å². The second kappa shape index (κ2) is 4.10. The summed E-state index contributed by atoms with van der Waals surface area (Å²) in [6.07, 6.45) is 4.45. The number of hydrogen-bond donors (Lipinski definition) is 0. The van der Waals surface area contributed by atoms with Crippen molar-refractivity contribution in [3.05, 3.63) is 29.8 Å². The normalized spacial score (nSPS) is 26.4. The monoisotopic (exact) mass is 217 g/mol. The fourth-order valence-electron chi connectivity index (χ4n) is 2.65. The summed E-state index contributed by atoms with van der Waals surface area (Å²) in [5.41, 5.74) is 1.35. The van der Waals surface area contributed by atoms with Gasteiger partial charge in [0, 0.05) is 24.7 Å². The minimum absolute atomic E-state index is 0.309. The third-order valence-corrected chi connectivity index (χ3v) is 3.76. The van der Waals surface area contributed by atoms with Gasteiger partial charge in [-0.25, -0.2) is 0 Å². The van der Waals surface area contributed by atoms with Crippen molar-refractivity contribution in [1.82, 2.24) is 4.90 Å². The molecule has 1 aliphatic heterocycles. The van der Waals surface area contributed by atoms with Gasteiger partial charge < -0.3 is 4.74 Å². The highest BCUT2D eigenvalue weighted by molar-refractivity contribution is 5.34. The zero-order valence-corrected chi connectivity index (χ0v) is 9.86. The summed E-state index contributed by atoms with van der Waals surface area (Å²) < 4.78 is 5.96. The van der Waals surface area contributed by atoms with E-state index in [1.807, 2.05) is 0 Å². The van der Waals surface area contributed by atoms with Gasteiger partial charge in [-0.3, -0.25) is 4.90 Å². The number of ether oxygens (including phenoxy) is 1. The van der Waals surface area contributed by atoms with Crippen molar-refractivity contribution in [3.63, 3.8) is 0 Å². The number of hydrogen-bond acceptors (Lipinski definition) is 2. The topological polar surface area (TPSA) is 12.5 Å². The molecule has 0 amide bonds. The molecule has 16 heavy (non-hydrogen) atoms. The summed E-state index contributed by atoms with van der Waals surface area (Å²) in [6, 6.07) is 9.26. The maximum Gasteiger partial charge on any atom is 0.124 e. The van der Waals surface area contributed by atoms with Crippen LogP contribution in [0.5, 0.6) is 5.75 Å². The van der Waals surface area contributed by atoms with Crippen molar-refractivity contribution in [2.24, 2.45) is 0 Å². The van der Waals surface area contributed by atoms with Gasteiger partial charge in [0.25, 0.3) is 0 Å². The van der Waals surface area contributed by atoms with E-state index in [0.717, 1.165) is 24.9 Å². The molecule has 0 radical (unpaired) electrons. The van der Waals surface area contributed by atoms with E-state index in [1.165, 1.54) is 24.8 Å². The van der Waals surface area contributed by atoms with Crippen molar-refractivity contribution in [1.29, 1.82) is 0 Å². The van der Waals surface area contributed by atoms with Gasteiger partial charge in [0.05, 0.1) is 0 Å². The predicted octanol–water partition coefficient (Wildman–Crippen LogP) is 2.82. The molecule has 1 aromatic carbocycles. The minimum Gasteiger partial charge on any atom is -0.489 e. The molecule has 1 heterocycles. The first-order chi connectivity index (χ1) is 7.83. The van der Waals surface area contributed by atoms with E-state index in [-0.39, 0.29) is 0 Å². The smallest absolute Gasteiger partial charge is 0.124 e. The summed E-state index contributed by atoms with van der Waals surface area (Å²) >= 11 is 0. The summed E-state index contributed by atoms with van der Waals surface area (Å²) in [6.45, 7) is 4.30. The largest absolute Gasteiger partial charge is 0.489 e. The Labute approximate surface area is 97.2 Å². The van der Waals surface area contributed by atoms with Gasteiger partial charge >= 0.3 is 0 Å². The molecule has 1 fully saturated rings. The van der Waals surface area contributed by atoms with Gasteiger partial charge in [0.15, 0.2) is 0 Å². The lowest BCUT2D eigenvalue weighted by molar-refractivity contribution is 0.0847. The van der Waals surface area contributed by atoms with Crippen LogP contribution in [-0.2, 0) is 6.54 Å². The van der Waals surface area contributed by atoms with Crippen LogP contribution in [0.25, 0.3) is 0 Å². The first-order valence-electron chi connectivity index (χ1n) is 6.31. The van der Waals surface area contributed by atoms with Crippen LogP contribution in [0.15, 0.2) is 24.3 Å². The first-order valence-corrected chi connectivity index (χ1v) is 6.31. The Balaban J connectivity index is 1.85. The zero-order chi connectivity index (χ0) is 11.0. The highest BCUT2D eigenvalue weighted by Crippen LogP contribution is 2.31. The highest BCUT2D eigenvalue weighted by Gasteiger charge is 2.29. The van der Waals surface area contributed by atoms with Gasteiger partial charge in [-0.15, -0.1) is 0 Å². The highest BCUT2D eigenvalue weighted by atomic mass is 16.5. The molecule has 3 rings (SSSR count). The standard InChI is InChI=1S/C14H19NO/c1-11-9-15(13-6-4-7-13)10-12-5-2-3-8-14(12)16-11/h2-3,5,8,11,13H,4,6-7,9-10H2,1H3. The Kier molecular flexibility index (Phi) is 2.60. The SMILES string of the molecule is CC1CN(C2CCC2)Cc2ccccc2O1. The van der Waals surface area contributed by atoms with Gasteiger partial charge in [0.1, 0.15) is 11.9 Å². The molecule has 0 saturated heterocycles. The van der Waals surface area contributed by atoms with Crippen molar-refractivity contribution in [3.8, 4) is 5.75 Å². The molecule has 2 nitrogen and oxygen atoms in total. The number of para-hydroxylation sites is 1. The molecule has 0 aromatic heterocycles. The van der Waals surface area contributed by atoms with Crippen LogP contribution in [0, 0.1) is 0 Å². The molecular formula is C14H19NO. The number of nitrogens with zero attached hydrogens (tertiary/aromatic N) is 1. The molecule has 0 spiro atoms. The fraction of sp³-hybridized carbons (Fsp3) is 0.571. The Bertz CT molecular complexity index is 373. The average molecular weight is 217 g/mol. The third kappa shape index (κ3) is 1.82. The summed E-state index contributed by atoms with van der Waals surface area (Å²) in [4.78, 5) is 2.60. The minimum atomic E-state index is 0.309. The molecule has 0 bridgehead atoms. The van der Waals surface area contributed by atoms with Crippen molar-refractivity contribution >= 4 is 0 Å². The van der Waals surface area contributed by atoms with Gasteiger partial charge in [-0.2, -0.15) is 0 Å². The van der Waals surface area contributed by atoms with Crippen molar-refractivity contribution < 1.29 is 4.74 Å². The van der Waals surface area contributed by atoms with E-state index >= 15 is 0 Å². The number of fused-ring (bicyclic) bond motifs is 1. The van der Waals surface area contributed by atoms with Crippen LogP contribution in [0.1, 0.15) is 31.7 Å². The van der Waals surface area contributed by atoms with Crippen LogP contribution < -0.4 is 4.74 Å². The van der Waals surface area contributed by atoms with Crippen LogP contribution in [0.3, 0.4) is 0 Å². The van der Waals surface area contributed by atoms with Gasteiger partial charge in [-0.05, 0) is 25.8 Å². The van der Waals surface area contributed by atoms with E-state index in [2.05, 4.69) is 36.1 Å². The molecule has 86 valence electrons. The lowest BCUT2D eigenvalue weighted by Crippen LogP contribution is -2.42. The number of rotatable bonds is 1. The van der Waals surface area contributed by atoms with E-state index in [4.69, 9.17) is 4.74 Å². The fourth-order valence-corrected chi connectivity index (χ4v) is 2.65. The second-order valence-corrected chi connectivity index (χ2v) is 5.05. The zero-order valence-electron chi connectivity index (χ0n) is 9.86.